The van der Waals surface area contributed by atoms with E-state index in [4.69, 9.17) is 18.6 Å². The molecule has 9 heteroatoms. The molecule has 0 aliphatic rings. The van der Waals surface area contributed by atoms with Gasteiger partial charge in [0, 0.05) is 6.07 Å². The van der Waals surface area contributed by atoms with Gasteiger partial charge < -0.3 is 18.6 Å². The van der Waals surface area contributed by atoms with Gasteiger partial charge in [0.05, 0.1) is 11.5 Å². The molecule has 0 spiro atoms. The summed E-state index contributed by atoms with van der Waals surface area (Å²) in [6.07, 6.45) is -4.68. The smallest absolute Gasteiger partial charge is 0.453 e. The minimum absolute atomic E-state index is 0.0399. The van der Waals surface area contributed by atoms with E-state index in [1.165, 1.54) is 24.3 Å². The molecule has 0 bridgehead atoms. The maximum Gasteiger partial charge on any atom is 0.453 e. The van der Waals surface area contributed by atoms with Crippen LogP contribution in [0, 0.1) is 0 Å². The highest BCUT2D eigenvalue weighted by Crippen LogP contribution is 2.39. The van der Waals surface area contributed by atoms with E-state index in [2.05, 4.69) is 0 Å². The predicted molar refractivity (Wildman–Crippen MR) is 123 cm³/mol. The molecule has 0 aliphatic carbocycles. The molecule has 0 saturated heterocycles. The van der Waals surface area contributed by atoms with Crippen molar-refractivity contribution in [2.24, 2.45) is 0 Å². The van der Waals surface area contributed by atoms with Crippen molar-refractivity contribution in [3.05, 3.63) is 76.6 Å². The van der Waals surface area contributed by atoms with Crippen LogP contribution in [0.25, 0.3) is 21.7 Å². The Morgan fingerprint density at radius 3 is 2.43 bits per heavy atom. The lowest BCUT2D eigenvalue weighted by Gasteiger charge is -2.14. The first-order valence-electron chi connectivity index (χ1n) is 10.8. The van der Waals surface area contributed by atoms with Gasteiger partial charge in [-0.15, -0.1) is 0 Å². The van der Waals surface area contributed by atoms with Crippen LogP contribution in [0.2, 0.25) is 0 Å². The highest BCUT2D eigenvalue weighted by atomic mass is 19.4. The van der Waals surface area contributed by atoms with Crippen LogP contribution in [0.1, 0.15) is 26.0 Å². The molecule has 0 saturated carbocycles. The van der Waals surface area contributed by atoms with E-state index in [-0.39, 0.29) is 28.6 Å². The maximum absolute atomic E-state index is 13.8. The lowest BCUT2D eigenvalue weighted by molar-refractivity contribution is -0.154. The number of esters is 1. The molecule has 3 aromatic carbocycles. The average Bonchev–Trinajstić information content (AvgIpc) is 2.83. The van der Waals surface area contributed by atoms with Gasteiger partial charge in [-0.25, -0.2) is 4.79 Å². The Bertz CT molecular complexity index is 1440. The van der Waals surface area contributed by atoms with E-state index < -0.39 is 35.7 Å². The summed E-state index contributed by atoms with van der Waals surface area (Å²) in [6, 6.07) is 15.6. The molecule has 35 heavy (non-hydrogen) atoms. The van der Waals surface area contributed by atoms with E-state index in [1.54, 1.807) is 25.1 Å². The van der Waals surface area contributed by atoms with Crippen LogP contribution in [0.5, 0.6) is 17.2 Å². The summed E-state index contributed by atoms with van der Waals surface area (Å²) in [5.74, 6) is -3.07. The second-order valence-corrected chi connectivity index (χ2v) is 7.85. The van der Waals surface area contributed by atoms with Crippen LogP contribution in [-0.4, -0.2) is 18.7 Å². The monoisotopic (exact) mass is 486 g/mol. The highest BCUT2D eigenvalue weighted by molar-refractivity contribution is 5.84. The molecule has 6 nitrogen and oxygen atoms in total. The van der Waals surface area contributed by atoms with Crippen LogP contribution < -0.4 is 14.9 Å². The number of carbonyl (C=O) groups is 1. The summed E-state index contributed by atoms with van der Waals surface area (Å²) in [6.45, 7) is 3.12. The predicted octanol–water partition coefficient (Wildman–Crippen LogP) is 6.48. The number of halogens is 3. The van der Waals surface area contributed by atoms with E-state index in [0.29, 0.717) is 6.42 Å². The number of hydrogen-bond acceptors (Lipinski definition) is 6. The zero-order valence-corrected chi connectivity index (χ0v) is 18.8. The Balaban J connectivity index is 1.68. The van der Waals surface area contributed by atoms with Gasteiger partial charge in [-0.05, 0) is 48.4 Å². The van der Waals surface area contributed by atoms with Crippen LogP contribution in [-0.2, 0) is 15.7 Å². The molecule has 0 N–H and O–H groups in total. The lowest BCUT2D eigenvalue weighted by Crippen LogP contribution is -2.20. The van der Waals surface area contributed by atoms with Crippen LogP contribution >= 0.6 is 0 Å². The standard InChI is InChI=1S/C26H21F3O6/c1-3-15(2)33-22(30)14-32-18-10-11-20-21(13-18)35-25(26(27,28)29)24(23(20)31)34-19-9-8-16-6-4-5-7-17(16)12-19/h4-13,15H,3,14H2,1-2H3. The summed E-state index contributed by atoms with van der Waals surface area (Å²) in [5.41, 5.74) is -1.35. The lowest BCUT2D eigenvalue weighted by atomic mass is 10.1. The molecule has 0 aliphatic heterocycles. The van der Waals surface area contributed by atoms with Crippen LogP contribution in [0.15, 0.2) is 69.9 Å². The van der Waals surface area contributed by atoms with Gasteiger partial charge in [0.1, 0.15) is 17.1 Å². The zero-order valence-electron chi connectivity index (χ0n) is 18.8. The third kappa shape index (κ3) is 5.40. The summed E-state index contributed by atoms with van der Waals surface area (Å²) in [7, 11) is 0. The molecule has 182 valence electrons. The Labute approximate surface area is 197 Å². The van der Waals surface area contributed by atoms with Crippen molar-refractivity contribution in [1.82, 2.24) is 0 Å². The molecule has 1 heterocycles. The number of carbonyl (C=O) groups excluding carboxylic acids is 1. The Morgan fingerprint density at radius 2 is 1.71 bits per heavy atom. The highest BCUT2D eigenvalue weighted by Gasteiger charge is 2.40. The second-order valence-electron chi connectivity index (χ2n) is 7.85. The number of hydrogen-bond donors (Lipinski definition) is 0. The van der Waals surface area contributed by atoms with Crippen molar-refractivity contribution in [3.63, 3.8) is 0 Å². The minimum atomic E-state index is -5.00. The van der Waals surface area contributed by atoms with Gasteiger partial charge in [-0.3, -0.25) is 4.79 Å². The van der Waals surface area contributed by atoms with E-state index in [1.807, 2.05) is 19.1 Å². The van der Waals surface area contributed by atoms with Crippen molar-refractivity contribution in [3.8, 4) is 17.2 Å². The molecule has 0 radical (unpaired) electrons. The van der Waals surface area contributed by atoms with Crippen LogP contribution in [0.4, 0.5) is 13.2 Å². The van der Waals surface area contributed by atoms with Gasteiger partial charge in [0.25, 0.3) is 5.76 Å². The fourth-order valence-corrected chi connectivity index (χ4v) is 3.36. The Morgan fingerprint density at radius 1 is 1.00 bits per heavy atom. The van der Waals surface area contributed by atoms with E-state index in [9.17, 15) is 22.8 Å². The molecule has 1 atom stereocenters. The van der Waals surface area contributed by atoms with Gasteiger partial charge in [0.2, 0.25) is 11.2 Å². The van der Waals surface area contributed by atoms with Crippen molar-refractivity contribution < 1.29 is 36.6 Å². The topological polar surface area (TPSA) is 75.0 Å². The SMILES string of the molecule is CCC(C)OC(=O)COc1ccc2c(=O)c(Oc3ccc4ccccc4c3)c(C(F)(F)F)oc2c1. The maximum atomic E-state index is 13.8. The third-order valence-corrected chi connectivity index (χ3v) is 5.28. The molecule has 4 rings (SSSR count). The summed E-state index contributed by atoms with van der Waals surface area (Å²) in [5, 5.41) is 1.46. The first-order chi connectivity index (χ1) is 16.7. The quantitative estimate of drug-likeness (QED) is 0.279. The van der Waals surface area contributed by atoms with E-state index in [0.717, 1.165) is 16.8 Å². The first kappa shape index (κ1) is 24.1. The number of benzene rings is 3. The molecular formula is C26H21F3O6. The zero-order chi connectivity index (χ0) is 25.2. The molecule has 4 aromatic rings. The number of fused-ring (bicyclic) bond motifs is 2. The molecule has 0 fully saturated rings. The van der Waals surface area contributed by atoms with E-state index >= 15 is 0 Å². The average molecular weight is 486 g/mol. The molecule has 0 amide bonds. The Kier molecular flexibility index (Phi) is 6.68. The fourth-order valence-electron chi connectivity index (χ4n) is 3.36. The van der Waals surface area contributed by atoms with Crippen molar-refractivity contribution in [2.75, 3.05) is 6.61 Å². The fraction of sp³-hybridized carbons (Fsp3) is 0.231. The van der Waals surface area contributed by atoms with Gasteiger partial charge >= 0.3 is 12.1 Å². The van der Waals surface area contributed by atoms with Crippen molar-refractivity contribution >= 4 is 27.7 Å². The normalized spacial score (nSPS) is 12.5. The largest absolute Gasteiger partial charge is 0.482 e. The molecular weight excluding hydrogens is 465 g/mol. The van der Waals surface area contributed by atoms with Gasteiger partial charge in [0.15, 0.2) is 6.61 Å². The summed E-state index contributed by atoms with van der Waals surface area (Å²) >= 11 is 0. The summed E-state index contributed by atoms with van der Waals surface area (Å²) in [4.78, 5) is 24.8. The minimum Gasteiger partial charge on any atom is -0.482 e. The van der Waals surface area contributed by atoms with Crippen molar-refractivity contribution in [1.29, 1.82) is 0 Å². The first-order valence-corrected chi connectivity index (χ1v) is 10.8. The second kappa shape index (κ2) is 9.69. The Hall–Kier alpha value is -4.01. The van der Waals surface area contributed by atoms with Gasteiger partial charge in [-0.2, -0.15) is 13.2 Å². The van der Waals surface area contributed by atoms with Gasteiger partial charge in [-0.1, -0.05) is 37.3 Å². The number of rotatable bonds is 7. The molecule has 1 unspecified atom stereocenters. The molecule has 1 aromatic heterocycles. The third-order valence-electron chi connectivity index (χ3n) is 5.28. The van der Waals surface area contributed by atoms with Crippen LogP contribution in [0.3, 0.4) is 0 Å². The van der Waals surface area contributed by atoms with Crippen molar-refractivity contribution in [2.45, 2.75) is 32.5 Å². The number of alkyl halides is 3. The number of ether oxygens (including phenoxy) is 3. The summed E-state index contributed by atoms with van der Waals surface area (Å²) < 4.78 is 62.3.